The molecule has 110 valence electrons. The van der Waals surface area contributed by atoms with Gasteiger partial charge in [0.15, 0.2) is 5.69 Å². The topological polar surface area (TPSA) is 38.1 Å². The second-order valence-electron chi connectivity index (χ2n) is 5.21. The van der Waals surface area contributed by atoms with Gasteiger partial charge in [-0.05, 0) is 30.5 Å². The molecule has 0 N–H and O–H groups in total. The Morgan fingerprint density at radius 1 is 1.38 bits per heavy atom. The fraction of sp³-hybridized carbons (Fsp3) is 0.333. The molecule has 0 saturated carbocycles. The largest absolute Gasteiger partial charge is 0.330 e. The van der Waals surface area contributed by atoms with Gasteiger partial charge in [-0.25, -0.2) is 4.39 Å². The Balaban J connectivity index is 1.88. The van der Waals surface area contributed by atoms with Crippen molar-refractivity contribution in [1.29, 1.82) is 0 Å². The molecule has 0 aliphatic carbocycles. The zero-order chi connectivity index (χ0) is 15.0. The SMILES string of the molecule is Cn1cc(Cl)c(C(=O)N2CCCC2c2ccc(F)cc2)n1. The van der Waals surface area contributed by atoms with E-state index in [0.29, 0.717) is 11.6 Å². The maximum absolute atomic E-state index is 13.0. The van der Waals surface area contributed by atoms with Crippen molar-refractivity contribution in [1.82, 2.24) is 14.7 Å². The van der Waals surface area contributed by atoms with Gasteiger partial charge >= 0.3 is 0 Å². The zero-order valence-corrected chi connectivity index (χ0v) is 12.3. The Kier molecular flexibility index (Phi) is 3.68. The van der Waals surface area contributed by atoms with Gasteiger partial charge in [0.2, 0.25) is 0 Å². The van der Waals surface area contributed by atoms with E-state index in [1.807, 2.05) is 0 Å². The van der Waals surface area contributed by atoms with Crippen LogP contribution in [0.1, 0.15) is 34.9 Å². The summed E-state index contributed by atoms with van der Waals surface area (Å²) in [6.45, 7) is 0.660. The highest BCUT2D eigenvalue weighted by Gasteiger charge is 2.32. The normalized spacial score (nSPS) is 18.2. The molecule has 1 unspecified atom stereocenters. The van der Waals surface area contributed by atoms with E-state index in [-0.39, 0.29) is 23.5 Å². The van der Waals surface area contributed by atoms with E-state index < -0.39 is 0 Å². The smallest absolute Gasteiger partial charge is 0.276 e. The third-order valence-corrected chi connectivity index (χ3v) is 4.03. The quantitative estimate of drug-likeness (QED) is 0.854. The van der Waals surface area contributed by atoms with Gasteiger partial charge in [-0.15, -0.1) is 0 Å². The third-order valence-electron chi connectivity index (χ3n) is 3.76. The molecule has 1 aromatic heterocycles. The number of aryl methyl sites for hydroxylation is 1. The molecule has 6 heteroatoms. The molecule has 1 aliphatic heterocycles. The minimum absolute atomic E-state index is 0.0452. The lowest BCUT2D eigenvalue weighted by molar-refractivity contribution is 0.0729. The maximum atomic E-state index is 13.0. The lowest BCUT2D eigenvalue weighted by Crippen LogP contribution is -2.31. The van der Waals surface area contributed by atoms with Gasteiger partial charge in [-0.3, -0.25) is 9.48 Å². The van der Waals surface area contributed by atoms with Gasteiger partial charge in [-0.1, -0.05) is 23.7 Å². The number of likely N-dealkylation sites (tertiary alicyclic amines) is 1. The summed E-state index contributed by atoms with van der Waals surface area (Å²) in [7, 11) is 1.73. The molecule has 0 spiro atoms. The van der Waals surface area contributed by atoms with E-state index in [1.54, 1.807) is 30.3 Å². The Morgan fingerprint density at radius 2 is 2.10 bits per heavy atom. The summed E-state index contributed by atoms with van der Waals surface area (Å²) in [6, 6.07) is 6.25. The first kappa shape index (κ1) is 14.1. The first-order chi connectivity index (χ1) is 10.1. The summed E-state index contributed by atoms with van der Waals surface area (Å²) < 4.78 is 14.6. The van der Waals surface area contributed by atoms with Crippen molar-refractivity contribution in [3.63, 3.8) is 0 Å². The predicted octanol–water partition coefficient (Wildman–Crippen LogP) is 3.19. The summed E-state index contributed by atoms with van der Waals surface area (Å²) in [4.78, 5) is 14.4. The summed E-state index contributed by atoms with van der Waals surface area (Å²) in [5.74, 6) is -0.449. The summed E-state index contributed by atoms with van der Waals surface area (Å²) in [5.41, 5.74) is 1.21. The van der Waals surface area contributed by atoms with Gasteiger partial charge in [0.05, 0.1) is 11.1 Å². The number of hydrogen-bond donors (Lipinski definition) is 0. The average Bonchev–Trinajstić information content (AvgIpc) is 3.05. The van der Waals surface area contributed by atoms with Gasteiger partial charge in [0.1, 0.15) is 5.82 Å². The monoisotopic (exact) mass is 307 g/mol. The highest BCUT2D eigenvalue weighted by Crippen LogP contribution is 2.33. The highest BCUT2D eigenvalue weighted by molar-refractivity contribution is 6.33. The number of amides is 1. The Hall–Kier alpha value is -1.88. The maximum Gasteiger partial charge on any atom is 0.276 e. The van der Waals surface area contributed by atoms with Crippen LogP contribution in [0.3, 0.4) is 0 Å². The van der Waals surface area contributed by atoms with E-state index in [2.05, 4.69) is 5.10 Å². The summed E-state index contributed by atoms with van der Waals surface area (Å²) in [5, 5.41) is 4.48. The lowest BCUT2D eigenvalue weighted by atomic mass is 10.0. The number of aromatic nitrogens is 2. The number of carbonyl (C=O) groups is 1. The number of carbonyl (C=O) groups excluding carboxylic acids is 1. The molecule has 1 fully saturated rings. The fourth-order valence-corrected chi connectivity index (χ4v) is 3.04. The van der Waals surface area contributed by atoms with Crippen molar-refractivity contribution in [2.24, 2.45) is 7.05 Å². The first-order valence-electron chi connectivity index (χ1n) is 6.82. The van der Waals surface area contributed by atoms with Crippen molar-refractivity contribution in [2.75, 3.05) is 6.54 Å². The van der Waals surface area contributed by atoms with Crippen LogP contribution < -0.4 is 0 Å². The molecule has 2 heterocycles. The van der Waals surface area contributed by atoms with E-state index in [0.717, 1.165) is 18.4 Å². The van der Waals surface area contributed by atoms with Crippen LogP contribution in [0.4, 0.5) is 4.39 Å². The number of rotatable bonds is 2. The van der Waals surface area contributed by atoms with Crippen LogP contribution >= 0.6 is 11.6 Å². The third kappa shape index (κ3) is 2.65. The number of hydrogen-bond acceptors (Lipinski definition) is 2. The molecule has 0 bridgehead atoms. The lowest BCUT2D eigenvalue weighted by Gasteiger charge is -2.24. The Bertz CT molecular complexity index is 668. The predicted molar refractivity (Wildman–Crippen MR) is 77.6 cm³/mol. The average molecular weight is 308 g/mol. The minimum Gasteiger partial charge on any atom is -0.330 e. The van der Waals surface area contributed by atoms with Crippen LogP contribution in [-0.2, 0) is 7.05 Å². The van der Waals surface area contributed by atoms with Crippen LogP contribution in [0.15, 0.2) is 30.5 Å². The number of halogens is 2. The highest BCUT2D eigenvalue weighted by atomic mass is 35.5. The van der Waals surface area contributed by atoms with E-state index in [1.165, 1.54) is 16.8 Å². The molecule has 4 nitrogen and oxygen atoms in total. The molecule has 1 atom stereocenters. The van der Waals surface area contributed by atoms with Crippen molar-refractivity contribution >= 4 is 17.5 Å². The number of benzene rings is 1. The molecule has 1 amide bonds. The first-order valence-corrected chi connectivity index (χ1v) is 7.19. The standard InChI is InChI=1S/C15H15ClFN3O/c1-19-9-12(16)14(18-19)15(21)20-8-2-3-13(20)10-4-6-11(17)7-5-10/h4-7,9,13H,2-3,8H2,1H3. The van der Waals surface area contributed by atoms with Gasteiger partial charge in [0.25, 0.3) is 5.91 Å². The van der Waals surface area contributed by atoms with Gasteiger partial charge in [0, 0.05) is 19.8 Å². The summed E-state index contributed by atoms with van der Waals surface area (Å²) >= 11 is 6.05. The van der Waals surface area contributed by atoms with Crippen LogP contribution in [0.25, 0.3) is 0 Å². The molecule has 21 heavy (non-hydrogen) atoms. The van der Waals surface area contributed by atoms with Crippen molar-refractivity contribution < 1.29 is 9.18 Å². The van der Waals surface area contributed by atoms with Gasteiger partial charge < -0.3 is 4.90 Å². The molecular formula is C15H15ClFN3O. The fourth-order valence-electron chi connectivity index (χ4n) is 2.78. The van der Waals surface area contributed by atoms with Crippen molar-refractivity contribution in [3.05, 3.63) is 52.6 Å². The van der Waals surface area contributed by atoms with Crippen molar-refractivity contribution in [3.8, 4) is 0 Å². The Labute approximate surface area is 127 Å². The summed E-state index contributed by atoms with van der Waals surface area (Å²) in [6.07, 6.45) is 3.39. The molecular weight excluding hydrogens is 293 g/mol. The molecule has 3 rings (SSSR count). The van der Waals surface area contributed by atoms with E-state index >= 15 is 0 Å². The van der Waals surface area contributed by atoms with Crippen LogP contribution in [0.2, 0.25) is 5.02 Å². The molecule has 1 aliphatic rings. The van der Waals surface area contributed by atoms with Crippen LogP contribution in [0, 0.1) is 5.82 Å². The van der Waals surface area contributed by atoms with E-state index in [9.17, 15) is 9.18 Å². The van der Waals surface area contributed by atoms with Gasteiger partial charge in [-0.2, -0.15) is 5.10 Å². The Morgan fingerprint density at radius 3 is 2.71 bits per heavy atom. The van der Waals surface area contributed by atoms with E-state index in [4.69, 9.17) is 11.6 Å². The van der Waals surface area contributed by atoms with Crippen LogP contribution in [-0.4, -0.2) is 27.1 Å². The second-order valence-corrected chi connectivity index (χ2v) is 5.61. The molecule has 0 radical (unpaired) electrons. The molecule has 1 aromatic carbocycles. The minimum atomic E-state index is -0.276. The molecule has 2 aromatic rings. The van der Waals surface area contributed by atoms with Crippen LogP contribution in [0.5, 0.6) is 0 Å². The zero-order valence-electron chi connectivity index (χ0n) is 11.6. The number of nitrogens with zero attached hydrogens (tertiary/aromatic N) is 3. The second kappa shape index (κ2) is 5.48. The van der Waals surface area contributed by atoms with Crippen molar-refractivity contribution in [2.45, 2.75) is 18.9 Å². The molecule has 1 saturated heterocycles.